The van der Waals surface area contributed by atoms with Crippen molar-refractivity contribution in [2.45, 2.75) is 20.3 Å². The molecule has 0 bridgehead atoms. The molecule has 0 atom stereocenters. The smallest absolute Gasteiger partial charge is 0.275 e. The summed E-state index contributed by atoms with van der Waals surface area (Å²) in [6, 6.07) is 7.01. The highest BCUT2D eigenvalue weighted by Gasteiger charge is 2.16. The number of carbonyl (C=O) groups is 1. The van der Waals surface area contributed by atoms with E-state index in [-0.39, 0.29) is 5.69 Å². The van der Waals surface area contributed by atoms with Crippen LogP contribution in [0.3, 0.4) is 0 Å². The summed E-state index contributed by atoms with van der Waals surface area (Å²) >= 11 is 0. The fourth-order valence-electron chi connectivity index (χ4n) is 1.94. The Morgan fingerprint density at radius 1 is 1.39 bits per heavy atom. The van der Waals surface area contributed by atoms with Crippen molar-refractivity contribution in [1.29, 1.82) is 0 Å². The van der Waals surface area contributed by atoms with Crippen LogP contribution in [0.1, 0.15) is 30.8 Å². The topological polar surface area (TPSA) is 93.5 Å². The summed E-state index contributed by atoms with van der Waals surface area (Å²) in [5.74, 6) is -0.523. The molecule has 0 fully saturated rings. The van der Waals surface area contributed by atoms with Gasteiger partial charge in [0, 0.05) is 12.6 Å². The number of rotatable bonds is 6. The first-order valence-electron chi connectivity index (χ1n) is 7.41. The Hall–Kier alpha value is -2.83. The molecule has 23 heavy (non-hydrogen) atoms. The Bertz CT molecular complexity index is 755. The fraction of sp³-hybridized carbons (Fsp3) is 0.312. The van der Waals surface area contributed by atoms with Gasteiger partial charge >= 0.3 is 0 Å². The normalized spacial score (nSPS) is 10.3. The number of aromatic nitrogens is 2. The maximum Gasteiger partial charge on any atom is 0.275 e. The van der Waals surface area contributed by atoms with Crippen molar-refractivity contribution in [2.24, 2.45) is 0 Å². The van der Waals surface area contributed by atoms with Gasteiger partial charge in [0.15, 0.2) is 11.4 Å². The van der Waals surface area contributed by atoms with Gasteiger partial charge in [-0.3, -0.25) is 9.59 Å². The minimum absolute atomic E-state index is 0.355. The quantitative estimate of drug-likeness (QED) is 0.841. The zero-order chi connectivity index (χ0) is 16.8. The summed E-state index contributed by atoms with van der Waals surface area (Å²) in [6.45, 7) is 4.67. The van der Waals surface area contributed by atoms with Gasteiger partial charge < -0.3 is 15.2 Å². The molecular formula is C16H19N3O4. The van der Waals surface area contributed by atoms with E-state index in [1.165, 1.54) is 10.9 Å². The molecule has 2 rings (SSSR count). The molecule has 1 amide bonds. The third-order valence-electron chi connectivity index (χ3n) is 3.01. The number of nitrogens with zero attached hydrogens (tertiary/aromatic N) is 2. The summed E-state index contributed by atoms with van der Waals surface area (Å²) in [6.07, 6.45) is 2.05. The van der Waals surface area contributed by atoms with Crippen molar-refractivity contribution >= 4 is 5.91 Å². The molecule has 0 unspecified atom stereocenters. The third kappa shape index (κ3) is 3.88. The summed E-state index contributed by atoms with van der Waals surface area (Å²) < 4.78 is 6.82. The molecule has 0 saturated heterocycles. The van der Waals surface area contributed by atoms with Crippen LogP contribution in [-0.2, 0) is 0 Å². The molecule has 7 heteroatoms. The van der Waals surface area contributed by atoms with Crippen molar-refractivity contribution in [3.63, 3.8) is 0 Å². The van der Waals surface area contributed by atoms with Gasteiger partial charge in [0.05, 0.1) is 18.5 Å². The second-order valence-corrected chi connectivity index (χ2v) is 4.84. The van der Waals surface area contributed by atoms with Gasteiger partial charge in [0.1, 0.15) is 5.75 Å². The number of ether oxygens (including phenoxy) is 1. The van der Waals surface area contributed by atoms with Crippen LogP contribution in [0, 0.1) is 0 Å². The van der Waals surface area contributed by atoms with Crippen LogP contribution in [-0.4, -0.2) is 33.9 Å². The molecule has 0 radical (unpaired) electrons. The number of benzene rings is 1. The molecule has 0 spiro atoms. The van der Waals surface area contributed by atoms with E-state index in [1.54, 1.807) is 31.2 Å². The largest absolute Gasteiger partial charge is 0.503 e. The minimum Gasteiger partial charge on any atom is -0.503 e. The Morgan fingerprint density at radius 3 is 2.87 bits per heavy atom. The van der Waals surface area contributed by atoms with E-state index in [4.69, 9.17) is 4.74 Å². The average molecular weight is 317 g/mol. The molecule has 1 heterocycles. The highest BCUT2D eigenvalue weighted by Crippen LogP contribution is 2.17. The third-order valence-corrected chi connectivity index (χ3v) is 3.01. The second kappa shape index (κ2) is 7.44. The SMILES string of the molecule is CCCOc1cccc(-n2cc(O)c(=O)c(C(=O)NCC)n2)c1. The number of hydrogen-bond donors (Lipinski definition) is 2. The number of carbonyl (C=O) groups excluding carboxylic acids is 1. The standard InChI is InChI=1S/C16H19N3O4/c1-3-8-23-12-7-5-6-11(9-12)19-10-13(20)15(21)14(18-19)16(22)17-4-2/h5-7,9-10,20H,3-4,8H2,1-2H3,(H,17,22). The van der Waals surface area contributed by atoms with Crippen LogP contribution in [0.25, 0.3) is 5.69 Å². The van der Waals surface area contributed by atoms with Crippen LogP contribution in [0.4, 0.5) is 0 Å². The fourth-order valence-corrected chi connectivity index (χ4v) is 1.94. The molecule has 122 valence electrons. The highest BCUT2D eigenvalue weighted by atomic mass is 16.5. The number of hydrogen-bond acceptors (Lipinski definition) is 5. The van der Waals surface area contributed by atoms with Crippen molar-refractivity contribution in [3.8, 4) is 17.2 Å². The zero-order valence-corrected chi connectivity index (χ0v) is 13.1. The number of aromatic hydroxyl groups is 1. The molecule has 2 N–H and O–H groups in total. The molecule has 0 aliphatic rings. The van der Waals surface area contributed by atoms with Gasteiger partial charge in [-0.25, -0.2) is 4.68 Å². The highest BCUT2D eigenvalue weighted by molar-refractivity contribution is 5.92. The maximum absolute atomic E-state index is 11.9. The molecule has 1 aromatic carbocycles. The Labute approximate surface area is 133 Å². The molecule has 0 saturated carbocycles. The molecule has 2 aromatic rings. The number of amides is 1. The van der Waals surface area contributed by atoms with E-state index in [1.807, 2.05) is 6.92 Å². The monoisotopic (exact) mass is 317 g/mol. The molecular weight excluding hydrogens is 298 g/mol. The second-order valence-electron chi connectivity index (χ2n) is 4.84. The zero-order valence-electron chi connectivity index (χ0n) is 13.1. The van der Waals surface area contributed by atoms with Gasteiger partial charge in [-0.05, 0) is 25.5 Å². The first-order chi connectivity index (χ1) is 11.1. The van der Waals surface area contributed by atoms with E-state index >= 15 is 0 Å². The Kier molecular flexibility index (Phi) is 5.35. The summed E-state index contributed by atoms with van der Waals surface area (Å²) in [5.41, 5.74) is -0.586. The lowest BCUT2D eigenvalue weighted by molar-refractivity contribution is 0.0947. The van der Waals surface area contributed by atoms with Crippen LogP contribution in [0.2, 0.25) is 0 Å². The van der Waals surface area contributed by atoms with Crippen molar-refractivity contribution in [2.75, 3.05) is 13.2 Å². The molecule has 0 aliphatic carbocycles. The van der Waals surface area contributed by atoms with Gasteiger partial charge in [0.25, 0.3) is 11.3 Å². The summed E-state index contributed by atoms with van der Waals surface area (Å²) in [5, 5.41) is 16.3. The summed E-state index contributed by atoms with van der Waals surface area (Å²) in [7, 11) is 0. The molecule has 0 aliphatic heterocycles. The van der Waals surface area contributed by atoms with Gasteiger partial charge in [-0.1, -0.05) is 13.0 Å². The van der Waals surface area contributed by atoms with Crippen LogP contribution >= 0.6 is 0 Å². The van der Waals surface area contributed by atoms with Crippen LogP contribution in [0.15, 0.2) is 35.3 Å². The van der Waals surface area contributed by atoms with Crippen LogP contribution < -0.4 is 15.5 Å². The van der Waals surface area contributed by atoms with Crippen molar-refractivity contribution in [1.82, 2.24) is 15.1 Å². The molecule has 7 nitrogen and oxygen atoms in total. The maximum atomic E-state index is 11.9. The predicted octanol–water partition coefficient (Wildman–Crippen LogP) is 1.48. The molecule has 1 aromatic heterocycles. The first-order valence-corrected chi connectivity index (χ1v) is 7.41. The first kappa shape index (κ1) is 16.5. The van der Waals surface area contributed by atoms with Crippen molar-refractivity contribution in [3.05, 3.63) is 46.4 Å². The van der Waals surface area contributed by atoms with E-state index in [0.29, 0.717) is 24.6 Å². The van der Waals surface area contributed by atoms with Gasteiger partial charge in [-0.2, -0.15) is 5.10 Å². The van der Waals surface area contributed by atoms with E-state index in [9.17, 15) is 14.7 Å². The summed E-state index contributed by atoms with van der Waals surface area (Å²) in [4.78, 5) is 23.8. The van der Waals surface area contributed by atoms with Gasteiger partial charge in [0.2, 0.25) is 0 Å². The number of nitrogens with one attached hydrogen (secondary N) is 1. The predicted molar refractivity (Wildman–Crippen MR) is 85.3 cm³/mol. The van der Waals surface area contributed by atoms with Crippen LogP contribution in [0.5, 0.6) is 11.5 Å². The van der Waals surface area contributed by atoms with E-state index < -0.39 is 17.1 Å². The van der Waals surface area contributed by atoms with E-state index in [2.05, 4.69) is 10.4 Å². The van der Waals surface area contributed by atoms with E-state index in [0.717, 1.165) is 6.42 Å². The lowest BCUT2D eigenvalue weighted by Crippen LogP contribution is -2.31. The van der Waals surface area contributed by atoms with Gasteiger partial charge in [-0.15, -0.1) is 0 Å². The minimum atomic E-state index is -0.800. The Morgan fingerprint density at radius 2 is 2.17 bits per heavy atom. The lowest BCUT2D eigenvalue weighted by atomic mass is 10.3. The lowest BCUT2D eigenvalue weighted by Gasteiger charge is -2.10. The average Bonchev–Trinajstić information content (AvgIpc) is 2.55. The van der Waals surface area contributed by atoms with Crippen molar-refractivity contribution < 1.29 is 14.6 Å². The Balaban J connectivity index is 2.44.